The monoisotopic (exact) mass is 296 g/mol. The molecule has 0 aliphatic carbocycles. The van der Waals surface area contributed by atoms with Gasteiger partial charge in [0, 0.05) is 10.0 Å². The number of hydrogen-bond acceptors (Lipinski definition) is 3. The van der Waals surface area contributed by atoms with Gasteiger partial charge in [0.1, 0.15) is 5.75 Å². The third kappa shape index (κ3) is 3.19. The summed E-state index contributed by atoms with van der Waals surface area (Å²) in [5.41, 5.74) is 4.59. The van der Waals surface area contributed by atoms with E-state index in [1.807, 2.05) is 30.3 Å². The fourth-order valence-corrected chi connectivity index (χ4v) is 2.44. The van der Waals surface area contributed by atoms with Gasteiger partial charge in [-0.1, -0.05) is 41.4 Å². The summed E-state index contributed by atoms with van der Waals surface area (Å²) in [5.74, 6) is 6.42. The predicted molar refractivity (Wildman–Crippen MR) is 78.6 cm³/mol. The standard InChI is InChI=1S/C14H14Cl2N2O/c1-19-11-4-2-3-9(7-11)14(18-17)12-6-5-10(15)8-13(12)16/h2-8,14,18H,17H2,1H3. The molecule has 19 heavy (non-hydrogen) atoms. The predicted octanol–water partition coefficient (Wildman–Crippen LogP) is 3.55. The molecule has 2 aromatic rings. The van der Waals surface area contributed by atoms with Crippen LogP contribution in [0.2, 0.25) is 10.0 Å². The lowest BCUT2D eigenvalue weighted by Gasteiger charge is -2.19. The molecule has 0 radical (unpaired) electrons. The van der Waals surface area contributed by atoms with Crippen molar-refractivity contribution in [3.63, 3.8) is 0 Å². The molecule has 0 aliphatic rings. The van der Waals surface area contributed by atoms with E-state index < -0.39 is 0 Å². The van der Waals surface area contributed by atoms with Gasteiger partial charge in [-0.15, -0.1) is 0 Å². The van der Waals surface area contributed by atoms with Crippen LogP contribution in [-0.4, -0.2) is 7.11 Å². The van der Waals surface area contributed by atoms with Crippen molar-refractivity contribution >= 4 is 23.2 Å². The van der Waals surface area contributed by atoms with Gasteiger partial charge >= 0.3 is 0 Å². The first-order chi connectivity index (χ1) is 9.15. The summed E-state index contributed by atoms with van der Waals surface area (Å²) in [5, 5.41) is 1.16. The molecule has 3 N–H and O–H groups in total. The quantitative estimate of drug-likeness (QED) is 0.670. The first-order valence-corrected chi connectivity index (χ1v) is 6.46. The number of rotatable bonds is 4. The van der Waals surface area contributed by atoms with Crippen molar-refractivity contribution in [2.75, 3.05) is 7.11 Å². The summed E-state index contributed by atoms with van der Waals surface area (Å²) in [4.78, 5) is 0. The minimum absolute atomic E-state index is 0.222. The maximum absolute atomic E-state index is 6.22. The van der Waals surface area contributed by atoms with Crippen molar-refractivity contribution in [1.82, 2.24) is 5.43 Å². The second kappa shape index (κ2) is 6.26. The number of benzene rings is 2. The minimum Gasteiger partial charge on any atom is -0.497 e. The third-order valence-electron chi connectivity index (χ3n) is 2.87. The van der Waals surface area contributed by atoms with Gasteiger partial charge < -0.3 is 4.74 Å². The van der Waals surface area contributed by atoms with Crippen LogP contribution in [0.15, 0.2) is 42.5 Å². The molecule has 1 unspecified atom stereocenters. The van der Waals surface area contributed by atoms with Crippen LogP contribution in [0, 0.1) is 0 Å². The van der Waals surface area contributed by atoms with Gasteiger partial charge in [0.2, 0.25) is 0 Å². The second-order valence-electron chi connectivity index (χ2n) is 4.04. The first kappa shape index (κ1) is 14.2. The molecule has 0 aromatic heterocycles. The van der Waals surface area contributed by atoms with Crippen molar-refractivity contribution in [3.05, 3.63) is 63.6 Å². The van der Waals surface area contributed by atoms with Gasteiger partial charge in [-0.3, -0.25) is 5.84 Å². The van der Waals surface area contributed by atoms with Gasteiger partial charge in [0.15, 0.2) is 0 Å². The molecule has 5 heteroatoms. The molecule has 0 fully saturated rings. The van der Waals surface area contributed by atoms with Crippen molar-refractivity contribution in [2.24, 2.45) is 5.84 Å². The Morgan fingerprint density at radius 2 is 1.95 bits per heavy atom. The zero-order chi connectivity index (χ0) is 13.8. The second-order valence-corrected chi connectivity index (χ2v) is 4.89. The maximum Gasteiger partial charge on any atom is 0.119 e. The lowest BCUT2D eigenvalue weighted by molar-refractivity contribution is 0.413. The average molecular weight is 297 g/mol. The van der Waals surface area contributed by atoms with Crippen LogP contribution in [0.3, 0.4) is 0 Å². The van der Waals surface area contributed by atoms with E-state index >= 15 is 0 Å². The summed E-state index contributed by atoms with van der Waals surface area (Å²) in [7, 11) is 1.62. The SMILES string of the molecule is COc1cccc(C(NN)c2ccc(Cl)cc2Cl)c1. The lowest BCUT2D eigenvalue weighted by atomic mass is 9.99. The van der Waals surface area contributed by atoms with Crippen molar-refractivity contribution in [2.45, 2.75) is 6.04 Å². The highest BCUT2D eigenvalue weighted by molar-refractivity contribution is 6.35. The summed E-state index contributed by atoms with van der Waals surface area (Å²) in [6.45, 7) is 0. The Morgan fingerprint density at radius 3 is 2.58 bits per heavy atom. The number of hydrogen-bond donors (Lipinski definition) is 2. The average Bonchev–Trinajstić information content (AvgIpc) is 2.42. The van der Waals surface area contributed by atoms with Crippen molar-refractivity contribution in [3.8, 4) is 5.75 Å². The molecule has 0 heterocycles. The normalized spacial score (nSPS) is 12.2. The van der Waals surface area contributed by atoms with E-state index in [-0.39, 0.29) is 6.04 Å². The number of ether oxygens (including phenoxy) is 1. The number of nitrogens with one attached hydrogen (secondary N) is 1. The smallest absolute Gasteiger partial charge is 0.119 e. The molecule has 1 atom stereocenters. The molecule has 0 spiro atoms. The van der Waals surface area contributed by atoms with E-state index in [1.54, 1.807) is 19.2 Å². The highest BCUT2D eigenvalue weighted by Gasteiger charge is 2.16. The molecule has 2 rings (SSSR count). The highest BCUT2D eigenvalue weighted by atomic mass is 35.5. The van der Waals surface area contributed by atoms with Crippen LogP contribution in [0.1, 0.15) is 17.2 Å². The Labute approximate surface area is 122 Å². The zero-order valence-electron chi connectivity index (χ0n) is 10.4. The molecule has 0 saturated heterocycles. The van der Waals surface area contributed by atoms with E-state index in [0.29, 0.717) is 10.0 Å². The van der Waals surface area contributed by atoms with E-state index in [9.17, 15) is 0 Å². The minimum atomic E-state index is -0.222. The van der Waals surface area contributed by atoms with Crippen LogP contribution >= 0.6 is 23.2 Å². The fourth-order valence-electron chi connectivity index (χ4n) is 1.92. The van der Waals surface area contributed by atoms with Gasteiger partial charge in [0.25, 0.3) is 0 Å². The Morgan fingerprint density at radius 1 is 1.16 bits per heavy atom. The van der Waals surface area contributed by atoms with E-state index in [2.05, 4.69) is 5.43 Å². The van der Waals surface area contributed by atoms with Crippen molar-refractivity contribution in [1.29, 1.82) is 0 Å². The number of halogens is 2. The molecule has 0 aliphatic heterocycles. The summed E-state index contributed by atoms with van der Waals surface area (Å²) >= 11 is 12.1. The molecule has 2 aromatic carbocycles. The Hall–Kier alpha value is -1.26. The molecular formula is C14H14Cl2N2O. The van der Waals surface area contributed by atoms with E-state index in [0.717, 1.165) is 16.9 Å². The van der Waals surface area contributed by atoms with E-state index in [1.165, 1.54) is 0 Å². The Kier molecular flexibility index (Phi) is 4.66. The summed E-state index contributed by atoms with van der Waals surface area (Å²) < 4.78 is 5.21. The molecule has 100 valence electrons. The van der Waals surface area contributed by atoms with Crippen LogP contribution in [0.25, 0.3) is 0 Å². The summed E-state index contributed by atoms with van der Waals surface area (Å²) in [6, 6.07) is 12.8. The zero-order valence-corrected chi connectivity index (χ0v) is 11.9. The van der Waals surface area contributed by atoms with E-state index in [4.69, 9.17) is 33.8 Å². The first-order valence-electron chi connectivity index (χ1n) is 5.70. The summed E-state index contributed by atoms with van der Waals surface area (Å²) in [6.07, 6.45) is 0. The molecular weight excluding hydrogens is 283 g/mol. The van der Waals surface area contributed by atoms with Gasteiger partial charge in [-0.25, -0.2) is 5.43 Å². The molecule has 0 saturated carbocycles. The number of nitrogens with two attached hydrogens (primary N) is 1. The molecule has 3 nitrogen and oxygen atoms in total. The van der Waals surface area contributed by atoms with Crippen LogP contribution in [-0.2, 0) is 0 Å². The Bertz CT molecular complexity index is 575. The third-order valence-corrected chi connectivity index (χ3v) is 3.43. The van der Waals surface area contributed by atoms with Crippen LogP contribution in [0.5, 0.6) is 5.75 Å². The number of hydrazine groups is 1. The fraction of sp³-hybridized carbons (Fsp3) is 0.143. The number of methoxy groups -OCH3 is 1. The van der Waals surface area contributed by atoms with Gasteiger partial charge in [0.05, 0.1) is 13.2 Å². The molecule has 0 amide bonds. The highest BCUT2D eigenvalue weighted by Crippen LogP contribution is 2.31. The lowest BCUT2D eigenvalue weighted by Crippen LogP contribution is -2.29. The van der Waals surface area contributed by atoms with Crippen molar-refractivity contribution < 1.29 is 4.74 Å². The molecule has 0 bridgehead atoms. The van der Waals surface area contributed by atoms with Gasteiger partial charge in [-0.05, 0) is 35.4 Å². The maximum atomic E-state index is 6.22. The Balaban J connectivity index is 2.43. The van der Waals surface area contributed by atoms with Crippen LogP contribution < -0.4 is 16.0 Å². The van der Waals surface area contributed by atoms with Gasteiger partial charge in [-0.2, -0.15) is 0 Å². The van der Waals surface area contributed by atoms with Crippen LogP contribution in [0.4, 0.5) is 0 Å². The topological polar surface area (TPSA) is 47.3 Å². The largest absolute Gasteiger partial charge is 0.497 e.